The van der Waals surface area contributed by atoms with E-state index >= 15 is 0 Å². The minimum atomic E-state index is 0.586. The van der Waals surface area contributed by atoms with Crippen LogP contribution in [0.5, 0.6) is 5.75 Å². The highest BCUT2D eigenvalue weighted by Crippen LogP contribution is 2.18. The van der Waals surface area contributed by atoms with Gasteiger partial charge in [0.2, 0.25) is 0 Å². The van der Waals surface area contributed by atoms with E-state index in [1.54, 1.807) is 7.11 Å². The summed E-state index contributed by atoms with van der Waals surface area (Å²) in [7, 11) is 1.70. The first-order valence-corrected chi connectivity index (χ1v) is 9.16. The number of guanidine groups is 1. The normalized spacial score (nSPS) is 16.9. The van der Waals surface area contributed by atoms with Crippen molar-refractivity contribution >= 4 is 5.96 Å². The van der Waals surface area contributed by atoms with Crippen LogP contribution in [0.25, 0.3) is 0 Å². The Bertz CT molecular complexity index is 512. The van der Waals surface area contributed by atoms with Crippen LogP contribution in [-0.2, 0) is 6.54 Å². The monoisotopic (exact) mass is 332 g/mol. The third-order valence-electron chi connectivity index (χ3n) is 4.58. The summed E-state index contributed by atoms with van der Waals surface area (Å²) in [4.78, 5) is 7.32. The molecule has 0 aromatic heterocycles. The Morgan fingerprint density at radius 2 is 1.96 bits per heavy atom. The van der Waals surface area contributed by atoms with E-state index in [1.807, 2.05) is 18.2 Å². The second-order valence-corrected chi connectivity index (χ2v) is 6.19. The Labute approximate surface area is 146 Å². The molecule has 1 aromatic rings. The smallest absolute Gasteiger partial charge is 0.191 e. The largest absolute Gasteiger partial charge is 0.496 e. The molecule has 0 amide bonds. The van der Waals surface area contributed by atoms with E-state index < -0.39 is 0 Å². The number of nitrogens with zero attached hydrogens (tertiary/aromatic N) is 2. The predicted octanol–water partition coefficient (Wildman–Crippen LogP) is 2.62. The first-order valence-electron chi connectivity index (χ1n) is 9.16. The fraction of sp³-hybridized carbons (Fsp3) is 0.632. The summed E-state index contributed by atoms with van der Waals surface area (Å²) in [6.45, 7) is 9.23. The number of likely N-dealkylation sites (tertiary alicyclic amines) is 1. The molecule has 1 heterocycles. The number of ether oxygens (including phenoxy) is 1. The molecule has 0 saturated carbocycles. The van der Waals surface area contributed by atoms with Crippen LogP contribution in [0, 0.1) is 0 Å². The lowest BCUT2D eigenvalue weighted by Gasteiger charge is -2.27. The van der Waals surface area contributed by atoms with Crippen molar-refractivity contribution in [3.05, 3.63) is 29.8 Å². The van der Waals surface area contributed by atoms with Crippen molar-refractivity contribution in [2.45, 2.75) is 45.7 Å². The number of hydrogen-bond donors (Lipinski definition) is 2. The number of hydrogen-bond acceptors (Lipinski definition) is 3. The summed E-state index contributed by atoms with van der Waals surface area (Å²) in [6.07, 6.45) is 3.83. The van der Waals surface area contributed by atoms with Gasteiger partial charge in [-0.3, -0.25) is 4.90 Å². The lowest BCUT2D eigenvalue weighted by Crippen LogP contribution is -2.46. The molecule has 0 radical (unpaired) electrons. The quantitative estimate of drug-likeness (QED) is 0.567. The number of methoxy groups -OCH3 is 1. The molecular formula is C19H32N4O. The van der Waals surface area contributed by atoms with Gasteiger partial charge in [-0.15, -0.1) is 0 Å². The number of para-hydroxylation sites is 1. The number of nitrogens with one attached hydrogen (secondary N) is 2. The molecular weight excluding hydrogens is 300 g/mol. The maximum absolute atomic E-state index is 5.40. The van der Waals surface area contributed by atoms with Gasteiger partial charge in [0.15, 0.2) is 5.96 Å². The van der Waals surface area contributed by atoms with Gasteiger partial charge in [-0.25, -0.2) is 4.99 Å². The molecule has 1 aliphatic heterocycles. The maximum Gasteiger partial charge on any atom is 0.191 e. The molecule has 0 bridgehead atoms. The average Bonchev–Trinajstić information content (AvgIpc) is 3.14. The van der Waals surface area contributed by atoms with E-state index in [0.29, 0.717) is 12.6 Å². The van der Waals surface area contributed by atoms with Crippen LogP contribution in [0.1, 0.15) is 38.7 Å². The van der Waals surface area contributed by atoms with Gasteiger partial charge >= 0.3 is 0 Å². The van der Waals surface area contributed by atoms with E-state index in [4.69, 9.17) is 9.73 Å². The van der Waals surface area contributed by atoms with Gasteiger partial charge in [0.25, 0.3) is 0 Å². The third-order valence-corrected chi connectivity index (χ3v) is 4.58. The van der Waals surface area contributed by atoms with Gasteiger partial charge in [-0.2, -0.15) is 0 Å². The van der Waals surface area contributed by atoms with Crippen LogP contribution in [0.2, 0.25) is 0 Å². The summed E-state index contributed by atoms with van der Waals surface area (Å²) < 4.78 is 5.40. The molecule has 24 heavy (non-hydrogen) atoms. The highest BCUT2D eigenvalue weighted by molar-refractivity contribution is 5.79. The van der Waals surface area contributed by atoms with E-state index in [2.05, 4.69) is 35.4 Å². The lowest BCUT2D eigenvalue weighted by molar-refractivity contribution is 0.236. The first kappa shape index (κ1) is 18.6. The van der Waals surface area contributed by atoms with Gasteiger partial charge in [-0.05, 0) is 45.3 Å². The molecule has 1 unspecified atom stereocenters. The van der Waals surface area contributed by atoms with Crippen molar-refractivity contribution in [1.82, 2.24) is 15.5 Å². The Kier molecular flexibility index (Phi) is 7.89. The molecule has 0 aliphatic carbocycles. The predicted molar refractivity (Wildman–Crippen MR) is 101 cm³/mol. The Balaban J connectivity index is 1.94. The van der Waals surface area contributed by atoms with Crippen LogP contribution in [0.4, 0.5) is 0 Å². The van der Waals surface area contributed by atoms with E-state index in [1.165, 1.54) is 32.4 Å². The average molecular weight is 332 g/mol. The van der Waals surface area contributed by atoms with Crippen molar-refractivity contribution in [3.8, 4) is 5.75 Å². The molecule has 1 aliphatic rings. The van der Waals surface area contributed by atoms with Crippen molar-refractivity contribution < 1.29 is 4.74 Å². The molecule has 134 valence electrons. The van der Waals surface area contributed by atoms with E-state index in [9.17, 15) is 0 Å². The highest BCUT2D eigenvalue weighted by Gasteiger charge is 2.20. The second kappa shape index (κ2) is 10.2. The second-order valence-electron chi connectivity index (χ2n) is 6.19. The molecule has 0 spiro atoms. The number of rotatable bonds is 8. The van der Waals surface area contributed by atoms with Crippen LogP contribution in [0.15, 0.2) is 29.3 Å². The molecule has 5 heteroatoms. The Hall–Kier alpha value is -1.75. The number of benzene rings is 1. The van der Waals surface area contributed by atoms with Crippen LogP contribution >= 0.6 is 0 Å². The van der Waals surface area contributed by atoms with Gasteiger partial charge in [-0.1, -0.05) is 25.1 Å². The minimum absolute atomic E-state index is 0.586. The van der Waals surface area contributed by atoms with Crippen LogP contribution < -0.4 is 15.4 Å². The maximum atomic E-state index is 5.40. The number of aliphatic imine (C=N–C) groups is 1. The minimum Gasteiger partial charge on any atom is -0.496 e. The third kappa shape index (κ3) is 5.41. The lowest BCUT2D eigenvalue weighted by atomic mass is 10.2. The summed E-state index contributed by atoms with van der Waals surface area (Å²) in [5.74, 6) is 1.77. The van der Waals surface area contributed by atoms with E-state index in [-0.39, 0.29) is 0 Å². The molecule has 2 N–H and O–H groups in total. The fourth-order valence-corrected chi connectivity index (χ4v) is 3.19. The standard InChI is InChI=1S/C19H32N4O/c1-4-17(23-12-8-9-13-23)15-22-19(20-5-2)21-14-16-10-6-7-11-18(16)24-3/h6-7,10-11,17H,4-5,8-9,12-15H2,1-3H3,(H2,20,21,22). The summed E-state index contributed by atoms with van der Waals surface area (Å²) in [5, 5.41) is 6.85. The molecule has 1 aromatic carbocycles. The molecule has 1 saturated heterocycles. The van der Waals surface area contributed by atoms with Crippen LogP contribution in [0.3, 0.4) is 0 Å². The fourth-order valence-electron chi connectivity index (χ4n) is 3.19. The first-order chi connectivity index (χ1) is 11.8. The zero-order valence-corrected chi connectivity index (χ0v) is 15.3. The Morgan fingerprint density at radius 1 is 1.21 bits per heavy atom. The van der Waals surface area contributed by atoms with Crippen molar-refractivity contribution in [2.75, 3.05) is 33.3 Å². The van der Waals surface area contributed by atoms with Crippen molar-refractivity contribution in [1.29, 1.82) is 0 Å². The van der Waals surface area contributed by atoms with Gasteiger partial charge < -0.3 is 15.4 Å². The van der Waals surface area contributed by atoms with Gasteiger partial charge in [0, 0.05) is 24.7 Å². The summed E-state index contributed by atoms with van der Waals surface area (Å²) in [5.41, 5.74) is 1.10. The zero-order chi connectivity index (χ0) is 17.2. The van der Waals surface area contributed by atoms with Crippen LogP contribution in [-0.4, -0.2) is 50.2 Å². The SMILES string of the molecule is CCNC(=NCc1ccccc1OC)NCC(CC)N1CCCC1. The van der Waals surface area contributed by atoms with Crippen molar-refractivity contribution in [2.24, 2.45) is 4.99 Å². The molecule has 5 nitrogen and oxygen atoms in total. The molecule has 1 fully saturated rings. The topological polar surface area (TPSA) is 48.9 Å². The van der Waals surface area contributed by atoms with Gasteiger partial charge in [0.05, 0.1) is 13.7 Å². The van der Waals surface area contributed by atoms with E-state index in [0.717, 1.165) is 30.4 Å². The zero-order valence-electron chi connectivity index (χ0n) is 15.3. The molecule has 1 atom stereocenters. The molecule has 2 rings (SSSR count). The Morgan fingerprint density at radius 3 is 2.62 bits per heavy atom. The van der Waals surface area contributed by atoms with Crippen molar-refractivity contribution in [3.63, 3.8) is 0 Å². The summed E-state index contributed by atoms with van der Waals surface area (Å²) in [6, 6.07) is 8.63. The van der Waals surface area contributed by atoms with Gasteiger partial charge in [0.1, 0.15) is 5.75 Å². The summed E-state index contributed by atoms with van der Waals surface area (Å²) >= 11 is 0. The highest BCUT2D eigenvalue weighted by atomic mass is 16.5.